The molecule has 0 amide bonds. The van der Waals surface area contributed by atoms with Crippen molar-refractivity contribution in [2.75, 3.05) is 7.11 Å². The molecule has 1 aliphatic carbocycles. The molecule has 7 heteroatoms. The van der Waals surface area contributed by atoms with E-state index in [2.05, 4.69) is 9.88 Å². The molecule has 1 atom stereocenters. The molecule has 0 radical (unpaired) electrons. The number of carbonyl (C=O) groups excluding carboxylic acids is 2. The monoisotopic (exact) mass is 528 g/mol. The van der Waals surface area contributed by atoms with E-state index in [1.165, 1.54) is 7.11 Å². The maximum Gasteiger partial charge on any atom is 0.336 e. The quantitative estimate of drug-likeness (QED) is 0.298. The van der Waals surface area contributed by atoms with E-state index < -0.39 is 11.9 Å². The fourth-order valence-corrected chi connectivity index (χ4v) is 5.81. The first-order valence-corrected chi connectivity index (χ1v) is 12.6. The summed E-state index contributed by atoms with van der Waals surface area (Å²) in [5.41, 5.74) is 6.71. The lowest BCUT2D eigenvalue weighted by atomic mass is 9.79. The first-order valence-electron chi connectivity index (χ1n) is 11.8. The first kappa shape index (κ1) is 23.6. The molecule has 0 spiro atoms. The SMILES string of the molecule is COC(=O)C1=C(C)NC2=C(C(=O)c3ccccc32)[C@H]1c1cn(Cc2ccc(Cl)c(Cl)c2)c2ccccc12. The number of esters is 1. The summed E-state index contributed by atoms with van der Waals surface area (Å²) >= 11 is 12.4. The molecule has 2 heterocycles. The number of hydrogen-bond acceptors (Lipinski definition) is 4. The molecule has 37 heavy (non-hydrogen) atoms. The normalized spacial score (nSPS) is 16.6. The fraction of sp³-hybridized carbons (Fsp3) is 0.133. The van der Waals surface area contributed by atoms with Gasteiger partial charge in [0.15, 0.2) is 5.78 Å². The lowest BCUT2D eigenvalue weighted by molar-refractivity contribution is -0.136. The average molecular weight is 529 g/mol. The molecule has 184 valence electrons. The topological polar surface area (TPSA) is 60.3 Å². The van der Waals surface area contributed by atoms with Crippen LogP contribution in [-0.2, 0) is 16.1 Å². The van der Waals surface area contributed by atoms with Crippen molar-refractivity contribution < 1.29 is 14.3 Å². The number of nitrogens with one attached hydrogen (secondary N) is 1. The highest BCUT2D eigenvalue weighted by Crippen LogP contribution is 2.48. The number of hydrogen-bond donors (Lipinski definition) is 1. The van der Waals surface area contributed by atoms with Gasteiger partial charge in [-0.05, 0) is 36.2 Å². The standard InChI is InChI=1S/C30H22Cl2N2O3/c1-16-25(30(36)37-2)26(27-28(33-16)19-8-3-4-9-20(19)29(27)35)21-15-34(24-10-6-5-7-18(21)24)14-17-11-12-22(31)23(32)13-17/h3-13,15,26,33H,14H2,1-2H3/t26-/m0/s1. The molecule has 0 bridgehead atoms. The summed E-state index contributed by atoms with van der Waals surface area (Å²) in [4.78, 5) is 26.9. The van der Waals surface area contributed by atoms with Gasteiger partial charge in [-0.2, -0.15) is 0 Å². The largest absolute Gasteiger partial charge is 0.466 e. The van der Waals surface area contributed by atoms with Crippen LogP contribution in [0.25, 0.3) is 16.6 Å². The Hall–Kier alpha value is -3.80. The number of halogens is 2. The second kappa shape index (κ2) is 8.94. The number of benzene rings is 3. The highest BCUT2D eigenvalue weighted by atomic mass is 35.5. The first-order chi connectivity index (χ1) is 17.9. The number of nitrogens with zero attached hydrogens (tertiary/aromatic N) is 1. The molecule has 5 nitrogen and oxygen atoms in total. The lowest BCUT2D eigenvalue weighted by Gasteiger charge is -2.28. The van der Waals surface area contributed by atoms with Crippen molar-refractivity contribution in [3.8, 4) is 0 Å². The van der Waals surface area contributed by atoms with E-state index in [-0.39, 0.29) is 5.78 Å². The third-order valence-corrected chi connectivity index (χ3v) is 7.86. The Morgan fingerprint density at radius 1 is 1.00 bits per heavy atom. The highest BCUT2D eigenvalue weighted by Gasteiger charge is 2.43. The van der Waals surface area contributed by atoms with E-state index in [0.29, 0.717) is 39.0 Å². The molecular formula is C30H22Cl2N2O3. The van der Waals surface area contributed by atoms with Crippen molar-refractivity contribution in [2.45, 2.75) is 19.4 Å². The Morgan fingerprint density at radius 2 is 1.73 bits per heavy atom. The van der Waals surface area contributed by atoms with Crippen molar-refractivity contribution in [3.05, 3.63) is 122 Å². The minimum absolute atomic E-state index is 0.0849. The van der Waals surface area contributed by atoms with E-state index >= 15 is 0 Å². The van der Waals surface area contributed by atoms with Crippen LogP contribution in [0.4, 0.5) is 0 Å². The van der Waals surface area contributed by atoms with Gasteiger partial charge in [-0.15, -0.1) is 0 Å². The molecule has 1 N–H and O–H groups in total. The Bertz CT molecular complexity index is 1700. The summed E-state index contributed by atoms with van der Waals surface area (Å²) in [6, 6.07) is 21.1. The summed E-state index contributed by atoms with van der Waals surface area (Å²) < 4.78 is 7.32. The zero-order valence-corrected chi connectivity index (χ0v) is 21.7. The molecule has 0 fully saturated rings. The summed E-state index contributed by atoms with van der Waals surface area (Å²) in [7, 11) is 1.36. The Kier molecular flexibility index (Phi) is 5.70. The van der Waals surface area contributed by atoms with E-state index in [1.54, 1.807) is 6.07 Å². The maximum absolute atomic E-state index is 13.8. The van der Waals surface area contributed by atoms with Crippen molar-refractivity contribution in [2.24, 2.45) is 0 Å². The zero-order chi connectivity index (χ0) is 25.8. The molecule has 1 aliphatic heterocycles. The van der Waals surface area contributed by atoms with Crippen molar-refractivity contribution >= 4 is 51.6 Å². The Labute approximate surface area is 223 Å². The molecule has 1 aromatic heterocycles. The van der Waals surface area contributed by atoms with Crippen LogP contribution in [0.1, 0.15) is 39.9 Å². The van der Waals surface area contributed by atoms with Crippen LogP contribution in [0.5, 0.6) is 0 Å². The van der Waals surface area contributed by atoms with Crippen LogP contribution >= 0.6 is 23.2 Å². The number of rotatable bonds is 4. The number of ether oxygens (including phenoxy) is 1. The summed E-state index contributed by atoms with van der Waals surface area (Å²) in [6.07, 6.45) is 2.03. The fourth-order valence-electron chi connectivity index (χ4n) is 5.49. The predicted molar refractivity (Wildman–Crippen MR) is 146 cm³/mol. The Morgan fingerprint density at radius 3 is 2.49 bits per heavy atom. The molecular weight excluding hydrogens is 507 g/mol. The van der Waals surface area contributed by atoms with E-state index in [1.807, 2.05) is 73.8 Å². The molecule has 4 aromatic rings. The van der Waals surface area contributed by atoms with Crippen molar-refractivity contribution in [1.82, 2.24) is 9.88 Å². The highest BCUT2D eigenvalue weighted by molar-refractivity contribution is 6.42. The van der Waals surface area contributed by atoms with Gasteiger partial charge in [0.05, 0.1) is 34.3 Å². The minimum atomic E-state index is -0.594. The van der Waals surface area contributed by atoms with Gasteiger partial charge >= 0.3 is 5.97 Å². The van der Waals surface area contributed by atoms with Gasteiger partial charge < -0.3 is 14.6 Å². The maximum atomic E-state index is 13.8. The van der Waals surface area contributed by atoms with E-state index in [4.69, 9.17) is 27.9 Å². The number of dihydropyridines is 1. The smallest absolute Gasteiger partial charge is 0.336 e. The number of fused-ring (bicyclic) bond motifs is 3. The molecule has 0 saturated heterocycles. The van der Waals surface area contributed by atoms with E-state index in [0.717, 1.165) is 33.3 Å². The van der Waals surface area contributed by atoms with Crippen LogP contribution in [0.2, 0.25) is 10.0 Å². The number of aromatic nitrogens is 1. The minimum Gasteiger partial charge on any atom is -0.466 e. The second-order valence-electron chi connectivity index (χ2n) is 9.23. The lowest BCUT2D eigenvalue weighted by Crippen LogP contribution is -2.29. The van der Waals surface area contributed by atoms with Gasteiger partial charge in [0.25, 0.3) is 0 Å². The van der Waals surface area contributed by atoms with Crippen LogP contribution in [0.3, 0.4) is 0 Å². The van der Waals surface area contributed by atoms with Crippen molar-refractivity contribution in [1.29, 1.82) is 0 Å². The number of allylic oxidation sites excluding steroid dienone is 2. The van der Waals surface area contributed by atoms with Gasteiger partial charge in [0.2, 0.25) is 0 Å². The third kappa shape index (κ3) is 3.69. The predicted octanol–water partition coefficient (Wildman–Crippen LogP) is 6.74. The number of para-hydroxylation sites is 1. The summed E-state index contributed by atoms with van der Waals surface area (Å²) in [5.74, 6) is -1.14. The van der Waals surface area contributed by atoms with Crippen LogP contribution in [0.15, 0.2) is 89.8 Å². The van der Waals surface area contributed by atoms with Crippen LogP contribution in [-0.4, -0.2) is 23.4 Å². The van der Waals surface area contributed by atoms with Crippen LogP contribution < -0.4 is 5.32 Å². The van der Waals surface area contributed by atoms with Gasteiger partial charge in [-0.3, -0.25) is 4.79 Å². The number of methoxy groups -OCH3 is 1. The van der Waals surface area contributed by atoms with Crippen molar-refractivity contribution in [3.63, 3.8) is 0 Å². The summed E-state index contributed by atoms with van der Waals surface area (Å²) in [5, 5.41) is 5.29. The number of carbonyl (C=O) groups is 2. The number of Topliss-reactive ketones (excluding diaryl/α,β-unsaturated/α-hetero) is 1. The average Bonchev–Trinajstić information content (AvgIpc) is 3.40. The van der Waals surface area contributed by atoms with Gasteiger partial charge in [-0.1, -0.05) is 71.7 Å². The molecule has 0 unspecified atom stereocenters. The summed E-state index contributed by atoms with van der Waals surface area (Å²) in [6.45, 7) is 2.39. The van der Waals surface area contributed by atoms with E-state index in [9.17, 15) is 9.59 Å². The molecule has 0 saturated carbocycles. The molecule has 2 aliphatic rings. The zero-order valence-electron chi connectivity index (χ0n) is 20.1. The van der Waals surface area contributed by atoms with Gasteiger partial charge in [0.1, 0.15) is 0 Å². The van der Waals surface area contributed by atoms with Gasteiger partial charge in [-0.25, -0.2) is 4.79 Å². The van der Waals surface area contributed by atoms with Gasteiger partial charge in [0, 0.05) is 46.0 Å². The third-order valence-electron chi connectivity index (χ3n) is 7.12. The second-order valence-corrected chi connectivity index (χ2v) is 10.0. The van der Waals surface area contributed by atoms with Crippen LogP contribution in [0, 0.1) is 0 Å². The Balaban J connectivity index is 1.57. The number of ketones is 1. The molecule has 6 rings (SSSR count). The molecule has 3 aromatic carbocycles.